The number of carbonyl (C=O) groups excluding carboxylic acids is 1. The maximum absolute atomic E-state index is 13.6. The van der Waals surface area contributed by atoms with Gasteiger partial charge in [0.05, 0.1) is 11.8 Å². The largest absolute Gasteiger partial charge is 0.392 e. The normalized spacial score (nSPS) is 18.3. The van der Waals surface area contributed by atoms with Gasteiger partial charge in [-0.15, -0.1) is 0 Å². The molecule has 0 radical (unpaired) electrons. The van der Waals surface area contributed by atoms with Gasteiger partial charge in [0.25, 0.3) is 0 Å². The molecule has 1 N–H and O–H groups in total. The number of pyridine rings is 1. The number of carbonyl (C=O) groups is 1. The van der Waals surface area contributed by atoms with Gasteiger partial charge in [0, 0.05) is 87.5 Å². The Morgan fingerprint density at radius 3 is 2.43 bits per heavy atom. The number of likely N-dealkylation sites (tertiary alicyclic amines) is 1. The minimum absolute atomic E-state index is 0.0902. The first kappa shape index (κ1) is 32.6. The van der Waals surface area contributed by atoms with E-state index < -0.39 is 0 Å². The summed E-state index contributed by atoms with van der Waals surface area (Å²) < 4.78 is 15.6. The fraction of sp³-hybridized carbons (Fsp3) is 0.371. The predicted molar refractivity (Wildman–Crippen MR) is 186 cm³/mol. The molecule has 252 valence electrons. The number of aromatic nitrogens is 5. The van der Waals surface area contributed by atoms with Crippen LogP contribution in [-0.2, 0) is 11.2 Å². The number of aryl methyl sites for hydroxylation is 1. The summed E-state index contributed by atoms with van der Waals surface area (Å²) in [4.78, 5) is 40.5. The molecular weight excluding hydrogens is 644 g/mol. The molecule has 5 aromatic rings. The highest BCUT2D eigenvalue weighted by Gasteiger charge is 2.32. The molecule has 0 saturated carbocycles. The highest BCUT2D eigenvalue weighted by molar-refractivity contribution is 7.16. The number of benzene rings is 1. The van der Waals surface area contributed by atoms with Crippen LogP contribution in [0.1, 0.15) is 30.3 Å². The van der Waals surface area contributed by atoms with Gasteiger partial charge in [0.2, 0.25) is 11.9 Å². The predicted octanol–water partition coefficient (Wildman–Crippen LogP) is 4.36. The molecule has 2 fully saturated rings. The number of nitriles is 1. The molecule has 0 spiro atoms. The average molecular weight is 681 g/mol. The van der Waals surface area contributed by atoms with E-state index in [1.165, 1.54) is 23.5 Å². The Labute approximate surface area is 287 Å². The fourth-order valence-corrected chi connectivity index (χ4v) is 7.52. The number of rotatable bonds is 8. The van der Waals surface area contributed by atoms with E-state index in [1.807, 2.05) is 65.9 Å². The molecule has 1 amide bonds. The number of piperazine rings is 1. The Hall–Kier alpha value is -4.97. The molecule has 2 aliphatic heterocycles. The van der Waals surface area contributed by atoms with Crippen LogP contribution >= 0.6 is 11.3 Å². The molecule has 14 heteroatoms. The number of anilines is 3. The van der Waals surface area contributed by atoms with Crippen molar-refractivity contribution in [3.05, 3.63) is 71.4 Å². The lowest BCUT2D eigenvalue weighted by molar-refractivity contribution is -0.132. The van der Waals surface area contributed by atoms with Crippen LogP contribution in [0.2, 0.25) is 0 Å². The van der Waals surface area contributed by atoms with Crippen LogP contribution in [0.25, 0.3) is 28.0 Å². The van der Waals surface area contributed by atoms with Crippen molar-refractivity contribution >= 4 is 39.8 Å². The zero-order valence-corrected chi connectivity index (χ0v) is 28.4. The summed E-state index contributed by atoms with van der Waals surface area (Å²) >= 11 is 1.28. The van der Waals surface area contributed by atoms with E-state index in [1.54, 1.807) is 12.1 Å². The van der Waals surface area contributed by atoms with E-state index >= 15 is 0 Å². The van der Waals surface area contributed by atoms with E-state index in [-0.39, 0.29) is 23.9 Å². The molecule has 7 rings (SSSR count). The number of aliphatic hydroxyl groups is 1. The third kappa shape index (κ3) is 6.44. The Balaban J connectivity index is 1.08. The van der Waals surface area contributed by atoms with Gasteiger partial charge in [-0.25, -0.2) is 24.3 Å². The van der Waals surface area contributed by atoms with E-state index in [0.29, 0.717) is 79.2 Å². The molecule has 2 saturated heterocycles. The second kappa shape index (κ2) is 13.5. The summed E-state index contributed by atoms with van der Waals surface area (Å²) in [5, 5.41) is 20.4. The summed E-state index contributed by atoms with van der Waals surface area (Å²) in [6, 6.07) is 12.3. The summed E-state index contributed by atoms with van der Waals surface area (Å²) in [7, 11) is 3.87. The third-order valence-electron chi connectivity index (χ3n) is 9.40. The number of hydrogen-bond donors (Lipinski definition) is 1. The molecule has 12 nitrogen and oxygen atoms in total. The number of aliphatic hydroxyl groups excluding tert-OH is 1. The van der Waals surface area contributed by atoms with Crippen LogP contribution in [0.4, 0.5) is 21.3 Å². The van der Waals surface area contributed by atoms with E-state index in [2.05, 4.69) is 15.9 Å². The van der Waals surface area contributed by atoms with Crippen molar-refractivity contribution in [3.8, 4) is 28.5 Å². The van der Waals surface area contributed by atoms with Crippen LogP contribution < -0.4 is 9.80 Å². The van der Waals surface area contributed by atoms with E-state index in [9.17, 15) is 19.6 Å². The standard InChI is InChI=1S/C35H37FN10O2S/c1-4-28-33(43(3)35-41-32(29(17-37)49-35)22-5-8-25(36)9-6-22)46-20-23(7-10-30(46)40-28)24-18-38-34(39-19-24)45-13-11-44(12-14-45)31(48)16-26-15-27(47)21-42(26)2/h5-10,18-20,26-27,47H,4,11-16,21H2,1-3H3/t26-,27+/m0/s1. The smallest absolute Gasteiger partial charge is 0.225 e. The van der Waals surface area contributed by atoms with Crippen LogP contribution in [0, 0.1) is 17.1 Å². The molecule has 2 aliphatic rings. The van der Waals surface area contributed by atoms with E-state index in [0.717, 1.165) is 28.3 Å². The van der Waals surface area contributed by atoms with Crippen molar-refractivity contribution in [2.24, 2.45) is 0 Å². The van der Waals surface area contributed by atoms with Gasteiger partial charge in [-0.05, 0) is 56.3 Å². The summed E-state index contributed by atoms with van der Waals surface area (Å²) in [6.07, 6.45) is 7.05. The molecule has 0 unspecified atom stereocenters. The number of halogens is 1. The lowest BCUT2D eigenvalue weighted by Crippen LogP contribution is -2.50. The van der Waals surface area contributed by atoms with Crippen molar-refractivity contribution in [1.82, 2.24) is 34.1 Å². The molecule has 0 bridgehead atoms. The van der Waals surface area contributed by atoms with Crippen molar-refractivity contribution in [3.63, 3.8) is 0 Å². The van der Waals surface area contributed by atoms with Gasteiger partial charge < -0.3 is 24.7 Å². The minimum atomic E-state index is -0.357. The quantitative estimate of drug-likeness (QED) is 0.252. The molecule has 4 aromatic heterocycles. The SMILES string of the molecule is CCc1nc2ccc(-c3cnc(N4CCN(C(=O)C[C@@H]5C[C@@H](O)CN5C)CC4)nc3)cn2c1N(C)c1nc(-c2ccc(F)cc2)c(C#N)s1. The number of nitrogens with zero attached hydrogens (tertiary/aromatic N) is 10. The number of amides is 1. The van der Waals surface area contributed by atoms with Crippen LogP contribution in [-0.4, -0.2) is 104 Å². The van der Waals surface area contributed by atoms with Gasteiger partial charge in [0.15, 0.2) is 5.13 Å². The molecule has 2 atom stereocenters. The first-order valence-corrected chi connectivity index (χ1v) is 17.2. The zero-order chi connectivity index (χ0) is 34.2. The Bertz CT molecular complexity index is 2020. The summed E-state index contributed by atoms with van der Waals surface area (Å²) in [5.41, 5.74) is 4.62. The van der Waals surface area contributed by atoms with Crippen molar-refractivity contribution in [2.75, 3.05) is 56.6 Å². The summed E-state index contributed by atoms with van der Waals surface area (Å²) in [6.45, 7) is 5.18. The lowest BCUT2D eigenvalue weighted by atomic mass is 10.1. The Morgan fingerprint density at radius 1 is 1.06 bits per heavy atom. The second-order valence-corrected chi connectivity index (χ2v) is 13.5. The highest BCUT2D eigenvalue weighted by Crippen LogP contribution is 2.37. The van der Waals surface area contributed by atoms with Gasteiger partial charge >= 0.3 is 0 Å². The summed E-state index contributed by atoms with van der Waals surface area (Å²) in [5.74, 6) is 1.24. The monoisotopic (exact) mass is 680 g/mol. The molecule has 49 heavy (non-hydrogen) atoms. The fourth-order valence-electron chi connectivity index (χ4n) is 6.68. The van der Waals surface area contributed by atoms with Crippen LogP contribution in [0.5, 0.6) is 0 Å². The molecule has 6 heterocycles. The van der Waals surface area contributed by atoms with Gasteiger partial charge in [-0.1, -0.05) is 18.3 Å². The number of β-amino-alcohol motifs (C(OH)–C–C–N with tert-alkyl or cyclic N) is 1. The minimum Gasteiger partial charge on any atom is -0.392 e. The number of likely N-dealkylation sites (N-methyl/N-ethyl adjacent to an activating group) is 1. The Morgan fingerprint density at radius 2 is 1.78 bits per heavy atom. The topological polar surface area (TPSA) is 130 Å². The Kier molecular flexibility index (Phi) is 8.98. The molecule has 1 aromatic carbocycles. The first-order chi connectivity index (χ1) is 23.7. The van der Waals surface area contributed by atoms with Crippen molar-refractivity contribution < 1.29 is 14.3 Å². The number of imidazole rings is 1. The van der Waals surface area contributed by atoms with E-state index in [4.69, 9.17) is 19.9 Å². The average Bonchev–Trinajstić information content (AvgIpc) is 3.82. The highest BCUT2D eigenvalue weighted by atomic mass is 32.1. The number of hydrogen-bond acceptors (Lipinski definition) is 11. The van der Waals surface area contributed by atoms with Crippen LogP contribution in [0.3, 0.4) is 0 Å². The van der Waals surface area contributed by atoms with Crippen LogP contribution in [0.15, 0.2) is 55.0 Å². The molecule has 0 aliphatic carbocycles. The first-order valence-electron chi connectivity index (χ1n) is 16.4. The number of fused-ring (bicyclic) bond motifs is 1. The maximum Gasteiger partial charge on any atom is 0.225 e. The zero-order valence-electron chi connectivity index (χ0n) is 27.6. The number of thiazole rings is 1. The third-order valence-corrected chi connectivity index (χ3v) is 10.4. The lowest BCUT2D eigenvalue weighted by Gasteiger charge is -2.35. The molecular formula is C35H37FN10O2S. The van der Waals surface area contributed by atoms with Gasteiger partial charge in [-0.3, -0.25) is 9.20 Å². The second-order valence-electron chi connectivity index (χ2n) is 12.6. The van der Waals surface area contributed by atoms with Crippen molar-refractivity contribution in [2.45, 2.75) is 38.3 Å². The van der Waals surface area contributed by atoms with Gasteiger partial charge in [0.1, 0.15) is 33.9 Å². The maximum atomic E-state index is 13.6. The van der Waals surface area contributed by atoms with Gasteiger partial charge in [-0.2, -0.15) is 5.26 Å². The van der Waals surface area contributed by atoms with Crippen molar-refractivity contribution in [1.29, 1.82) is 5.26 Å².